The van der Waals surface area contributed by atoms with Crippen molar-refractivity contribution >= 4 is 17.4 Å². The average molecular weight is 424 g/mol. The SMILES string of the molecule is Cc1cccc(-c2ccccc2)c1C(=O)Nc1ccc(OCCc2cccc(N)n2)cc1. The van der Waals surface area contributed by atoms with Gasteiger partial charge in [0.25, 0.3) is 5.91 Å². The van der Waals surface area contributed by atoms with Crippen molar-refractivity contribution in [2.24, 2.45) is 0 Å². The summed E-state index contributed by atoms with van der Waals surface area (Å²) in [4.78, 5) is 17.4. The Kier molecular flexibility index (Phi) is 6.46. The highest BCUT2D eigenvalue weighted by Gasteiger charge is 2.15. The number of hydrogen-bond donors (Lipinski definition) is 2. The summed E-state index contributed by atoms with van der Waals surface area (Å²) in [6.07, 6.45) is 0.666. The third-order valence-corrected chi connectivity index (χ3v) is 5.15. The van der Waals surface area contributed by atoms with Gasteiger partial charge in [0.1, 0.15) is 11.6 Å². The highest BCUT2D eigenvalue weighted by molar-refractivity contribution is 6.09. The van der Waals surface area contributed by atoms with E-state index in [4.69, 9.17) is 10.5 Å². The first-order valence-corrected chi connectivity index (χ1v) is 10.5. The molecule has 0 aliphatic carbocycles. The van der Waals surface area contributed by atoms with Crippen molar-refractivity contribution in [3.63, 3.8) is 0 Å². The molecule has 5 nitrogen and oxygen atoms in total. The molecule has 4 rings (SSSR count). The number of nitrogens with zero attached hydrogens (tertiary/aromatic N) is 1. The molecule has 0 radical (unpaired) electrons. The second-order valence-corrected chi connectivity index (χ2v) is 7.49. The highest BCUT2D eigenvalue weighted by Crippen LogP contribution is 2.27. The molecule has 0 aliphatic rings. The molecular formula is C27H25N3O2. The second-order valence-electron chi connectivity index (χ2n) is 7.49. The van der Waals surface area contributed by atoms with Crippen LogP contribution in [0.5, 0.6) is 5.75 Å². The van der Waals surface area contributed by atoms with Gasteiger partial charge >= 0.3 is 0 Å². The van der Waals surface area contributed by atoms with Crippen molar-refractivity contribution in [1.82, 2.24) is 4.98 Å². The van der Waals surface area contributed by atoms with Crippen molar-refractivity contribution in [2.45, 2.75) is 13.3 Å². The fraction of sp³-hybridized carbons (Fsp3) is 0.111. The molecule has 0 unspecified atom stereocenters. The van der Waals surface area contributed by atoms with Gasteiger partial charge in [0, 0.05) is 17.8 Å². The van der Waals surface area contributed by atoms with Gasteiger partial charge in [0.15, 0.2) is 0 Å². The lowest BCUT2D eigenvalue weighted by Crippen LogP contribution is -2.14. The molecule has 0 spiro atoms. The molecule has 4 aromatic rings. The molecule has 3 N–H and O–H groups in total. The summed E-state index contributed by atoms with van der Waals surface area (Å²) in [7, 11) is 0. The molecule has 0 saturated heterocycles. The van der Waals surface area contributed by atoms with E-state index in [1.54, 1.807) is 6.07 Å². The molecule has 3 aromatic carbocycles. The maximum absolute atomic E-state index is 13.1. The van der Waals surface area contributed by atoms with Gasteiger partial charge < -0.3 is 15.8 Å². The van der Waals surface area contributed by atoms with Gasteiger partial charge in [-0.05, 0) is 60.0 Å². The Hall–Kier alpha value is -4.12. The van der Waals surface area contributed by atoms with Gasteiger partial charge in [-0.15, -0.1) is 0 Å². The predicted molar refractivity (Wildman–Crippen MR) is 129 cm³/mol. The van der Waals surface area contributed by atoms with Gasteiger partial charge in [-0.3, -0.25) is 4.79 Å². The molecule has 0 saturated carbocycles. The van der Waals surface area contributed by atoms with Gasteiger partial charge in [-0.1, -0.05) is 54.6 Å². The number of carbonyl (C=O) groups excluding carboxylic acids is 1. The van der Waals surface area contributed by atoms with Crippen LogP contribution in [-0.2, 0) is 6.42 Å². The van der Waals surface area contributed by atoms with E-state index < -0.39 is 0 Å². The molecule has 1 amide bonds. The highest BCUT2D eigenvalue weighted by atomic mass is 16.5. The first-order chi connectivity index (χ1) is 15.6. The minimum Gasteiger partial charge on any atom is -0.493 e. The monoisotopic (exact) mass is 423 g/mol. The fourth-order valence-corrected chi connectivity index (χ4v) is 3.57. The number of aromatic nitrogens is 1. The summed E-state index contributed by atoms with van der Waals surface area (Å²) in [6.45, 7) is 2.44. The Labute approximate surface area is 187 Å². The third-order valence-electron chi connectivity index (χ3n) is 5.15. The van der Waals surface area contributed by atoms with Gasteiger partial charge in [0.05, 0.1) is 12.2 Å². The lowest BCUT2D eigenvalue weighted by atomic mass is 9.95. The van der Waals surface area contributed by atoms with E-state index in [0.717, 1.165) is 28.1 Å². The number of nitrogens with one attached hydrogen (secondary N) is 1. The zero-order valence-electron chi connectivity index (χ0n) is 17.9. The van der Waals surface area contributed by atoms with Crippen LogP contribution < -0.4 is 15.8 Å². The van der Waals surface area contributed by atoms with Crippen molar-refractivity contribution in [2.75, 3.05) is 17.7 Å². The normalized spacial score (nSPS) is 10.5. The maximum Gasteiger partial charge on any atom is 0.256 e. The van der Waals surface area contributed by atoms with Crippen LogP contribution in [0.2, 0.25) is 0 Å². The van der Waals surface area contributed by atoms with Crippen molar-refractivity contribution < 1.29 is 9.53 Å². The van der Waals surface area contributed by atoms with Crippen LogP contribution in [0, 0.1) is 6.92 Å². The van der Waals surface area contributed by atoms with Crippen LogP contribution in [0.25, 0.3) is 11.1 Å². The molecule has 0 fully saturated rings. The number of benzene rings is 3. The summed E-state index contributed by atoms with van der Waals surface area (Å²) in [6, 6.07) is 28.8. The molecule has 5 heteroatoms. The van der Waals surface area contributed by atoms with Crippen LogP contribution in [-0.4, -0.2) is 17.5 Å². The predicted octanol–water partition coefficient (Wildman–Crippen LogP) is 5.51. The van der Waals surface area contributed by atoms with E-state index in [9.17, 15) is 4.79 Å². The number of amides is 1. The summed E-state index contributed by atoms with van der Waals surface area (Å²) < 4.78 is 5.80. The summed E-state index contributed by atoms with van der Waals surface area (Å²) in [5.74, 6) is 1.10. The minimum absolute atomic E-state index is 0.136. The van der Waals surface area contributed by atoms with Crippen LogP contribution in [0.1, 0.15) is 21.6 Å². The van der Waals surface area contributed by atoms with Crippen LogP contribution >= 0.6 is 0 Å². The van der Waals surface area contributed by atoms with E-state index in [2.05, 4.69) is 10.3 Å². The third kappa shape index (κ3) is 5.13. The number of nitrogen functional groups attached to an aromatic ring is 1. The first kappa shape index (κ1) is 21.1. The zero-order chi connectivity index (χ0) is 22.3. The fourth-order valence-electron chi connectivity index (χ4n) is 3.57. The molecule has 1 heterocycles. The summed E-state index contributed by atoms with van der Waals surface area (Å²) in [5, 5.41) is 3.01. The van der Waals surface area contributed by atoms with E-state index in [1.807, 2.05) is 91.9 Å². The Morgan fingerprint density at radius 2 is 1.66 bits per heavy atom. The number of aryl methyl sites for hydroxylation is 1. The smallest absolute Gasteiger partial charge is 0.256 e. The van der Waals surface area contributed by atoms with Crippen molar-refractivity contribution in [3.8, 4) is 16.9 Å². The molecular weight excluding hydrogens is 398 g/mol. The lowest BCUT2D eigenvalue weighted by molar-refractivity contribution is 0.102. The van der Waals surface area contributed by atoms with Gasteiger partial charge in [0.2, 0.25) is 0 Å². The Morgan fingerprint density at radius 3 is 2.41 bits per heavy atom. The topological polar surface area (TPSA) is 77.2 Å². The van der Waals surface area contributed by atoms with Crippen LogP contribution in [0.15, 0.2) is 91.0 Å². The number of rotatable bonds is 7. The molecule has 0 aliphatic heterocycles. The largest absolute Gasteiger partial charge is 0.493 e. The summed E-state index contributed by atoms with van der Waals surface area (Å²) in [5.41, 5.74) is 10.8. The number of ether oxygens (including phenoxy) is 1. The summed E-state index contributed by atoms with van der Waals surface area (Å²) >= 11 is 0. The molecule has 32 heavy (non-hydrogen) atoms. The molecule has 0 bridgehead atoms. The van der Waals surface area contributed by atoms with Crippen molar-refractivity contribution in [3.05, 3.63) is 108 Å². The Balaban J connectivity index is 1.41. The molecule has 1 aromatic heterocycles. The Morgan fingerprint density at radius 1 is 0.906 bits per heavy atom. The Bertz CT molecular complexity index is 1210. The first-order valence-electron chi connectivity index (χ1n) is 10.5. The molecule has 160 valence electrons. The van der Waals surface area contributed by atoms with E-state index >= 15 is 0 Å². The molecule has 0 atom stereocenters. The number of hydrogen-bond acceptors (Lipinski definition) is 4. The van der Waals surface area contributed by atoms with Crippen molar-refractivity contribution in [1.29, 1.82) is 0 Å². The number of nitrogens with two attached hydrogens (primary N) is 1. The van der Waals surface area contributed by atoms with E-state index in [0.29, 0.717) is 30.1 Å². The van der Waals surface area contributed by atoms with Crippen LogP contribution in [0.3, 0.4) is 0 Å². The standard InChI is InChI=1S/C27H25N3O2/c1-19-7-5-11-24(20-8-3-2-4-9-20)26(19)27(31)30-22-13-15-23(16-14-22)32-18-17-21-10-6-12-25(28)29-21/h2-16H,17-18H2,1H3,(H2,28,29)(H,30,31). The number of carbonyl (C=O) groups is 1. The van der Waals surface area contributed by atoms with E-state index in [1.165, 1.54) is 0 Å². The van der Waals surface area contributed by atoms with E-state index in [-0.39, 0.29) is 5.91 Å². The zero-order valence-corrected chi connectivity index (χ0v) is 17.9. The minimum atomic E-state index is -0.136. The second kappa shape index (κ2) is 9.79. The number of anilines is 2. The maximum atomic E-state index is 13.1. The van der Waals surface area contributed by atoms with Gasteiger partial charge in [-0.2, -0.15) is 0 Å². The average Bonchev–Trinajstić information content (AvgIpc) is 2.80. The lowest BCUT2D eigenvalue weighted by Gasteiger charge is -2.14. The van der Waals surface area contributed by atoms with Gasteiger partial charge in [-0.25, -0.2) is 4.98 Å². The van der Waals surface area contributed by atoms with Crippen LogP contribution in [0.4, 0.5) is 11.5 Å². The quantitative estimate of drug-likeness (QED) is 0.411. The number of pyridine rings is 1.